The third-order valence-electron chi connectivity index (χ3n) is 3.39. The molecule has 1 fully saturated rings. The topological polar surface area (TPSA) is 85.8 Å². The molecule has 0 bridgehead atoms. The van der Waals surface area contributed by atoms with Crippen LogP contribution in [0.15, 0.2) is 4.99 Å². The minimum absolute atomic E-state index is 0. The van der Waals surface area contributed by atoms with E-state index in [2.05, 4.69) is 20.9 Å². The summed E-state index contributed by atoms with van der Waals surface area (Å²) in [5, 5.41) is 19.0. The predicted octanol–water partition coefficient (Wildman–Crippen LogP) is 1.24. The quantitative estimate of drug-likeness (QED) is 0.303. The molecule has 22 heavy (non-hydrogen) atoms. The first-order valence-electron chi connectivity index (χ1n) is 7.83. The van der Waals surface area contributed by atoms with Gasteiger partial charge in [-0.1, -0.05) is 6.42 Å². The molecule has 2 unspecified atom stereocenters. The van der Waals surface area contributed by atoms with Crippen molar-refractivity contribution in [3.05, 3.63) is 0 Å². The van der Waals surface area contributed by atoms with Crippen LogP contribution in [0.5, 0.6) is 0 Å². The number of rotatable bonds is 5. The van der Waals surface area contributed by atoms with Crippen LogP contribution in [0.3, 0.4) is 0 Å². The molecular formula is C15H31IN4O2. The van der Waals surface area contributed by atoms with E-state index in [1.54, 1.807) is 0 Å². The van der Waals surface area contributed by atoms with Crippen LogP contribution in [0, 0.1) is 5.92 Å². The summed E-state index contributed by atoms with van der Waals surface area (Å²) < 4.78 is 0. The molecule has 0 spiro atoms. The number of hydrogen-bond acceptors (Lipinski definition) is 3. The minimum Gasteiger partial charge on any atom is -0.393 e. The molecule has 130 valence electrons. The number of guanidine groups is 1. The first-order valence-corrected chi connectivity index (χ1v) is 7.83. The van der Waals surface area contributed by atoms with Crippen LogP contribution in [0.4, 0.5) is 0 Å². The van der Waals surface area contributed by atoms with Crippen molar-refractivity contribution in [2.24, 2.45) is 10.9 Å². The molecule has 0 saturated heterocycles. The second-order valence-electron chi connectivity index (χ2n) is 6.63. The number of aliphatic imine (C=N–C) groups is 1. The Balaban J connectivity index is 0.00000441. The largest absolute Gasteiger partial charge is 0.393 e. The number of nitrogens with zero attached hydrogens (tertiary/aromatic N) is 1. The number of hydrogen-bond donors (Lipinski definition) is 4. The molecule has 4 N–H and O–H groups in total. The van der Waals surface area contributed by atoms with E-state index in [1.807, 2.05) is 27.7 Å². The fourth-order valence-electron chi connectivity index (χ4n) is 2.43. The Bertz CT molecular complexity index is 369. The monoisotopic (exact) mass is 426 g/mol. The van der Waals surface area contributed by atoms with E-state index in [4.69, 9.17) is 0 Å². The zero-order valence-corrected chi connectivity index (χ0v) is 16.4. The molecule has 0 aromatic carbocycles. The number of aliphatic hydroxyl groups is 1. The van der Waals surface area contributed by atoms with Gasteiger partial charge in [-0.05, 0) is 40.5 Å². The molecule has 1 aliphatic rings. The van der Waals surface area contributed by atoms with Gasteiger partial charge < -0.3 is 21.1 Å². The van der Waals surface area contributed by atoms with Gasteiger partial charge in [0.2, 0.25) is 5.91 Å². The van der Waals surface area contributed by atoms with Crippen molar-refractivity contribution in [1.82, 2.24) is 16.0 Å². The van der Waals surface area contributed by atoms with E-state index in [9.17, 15) is 9.90 Å². The highest BCUT2D eigenvalue weighted by Gasteiger charge is 2.25. The smallest absolute Gasteiger partial charge is 0.242 e. The summed E-state index contributed by atoms with van der Waals surface area (Å²) >= 11 is 0. The lowest BCUT2D eigenvalue weighted by atomic mass is 10.1. The molecule has 0 radical (unpaired) electrons. The van der Waals surface area contributed by atoms with Crippen molar-refractivity contribution in [1.29, 1.82) is 0 Å². The first kappa shape index (κ1) is 21.4. The summed E-state index contributed by atoms with van der Waals surface area (Å²) in [5.74, 6) is 0.804. The molecule has 2 atom stereocenters. The van der Waals surface area contributed by atoms with Crippen LogP contribution in [0.1, 0.15) is 47.0 Å². The molecule has 0 aromatic rings. The standard InChI is InChI=1S/C15H30N4O2.HI/c1-5-16-14(17-9-11-7-6-8-12(11)20)18-10-13(21)19-15(2,3)4;/h11-12,20H,5-10H2,1-4H3,(H,19,21)(H2,16,17,18);1H. The number of halogens is 1. The summed E-state index contributed by atoms with van der Waals surface area (Å²) in [6.07, 6.45) is 2.78. The third-order valence-corrected chi connectivity index (χ3v) is 3.39. The third kappa shape index (κ3) is 8.77. The van der Waals surface area contributed by atoms with Crippen molar-refractivity contribution in [3.8, 4) is 0 Å². The molecule has 1 amide bonds. The Morgan fingerprint density at radius 1 is 1.27 bits per heavy atom. The highest BCUT2D eigenvalue weighted by molar-refractivity contribution is 14.0. The molecule has 7 heteroatoms. The van der Waals surface area contributed by atoms with Gasteiger partial charge in [-0.15, -0.1) is 24.0 Å². The predicted molar refractivity (Wildman–Crippen MR) is 101 cm³/mol. The van der Waals surface area contributed by atoms with Gasteiger partial charge in [0.1, 0.15) is 6.54 Å². The SMILES string of the molecule is CCNC(=NCC(=O)NC(C)(C)C)NCC1CCCC1O.I. The lowest BCUT2D eigenvalue weighted by Gasteiger charge is -2.20. The number of aliphatic hydroxyl groups excluding tert-OH is 1. The van der Waals surface area contributed by atoms with Gasteiger partial charge in [-0.2, -0.15) is 0 Å². The number of carbonyl (C=O) groups is 1. The lowest BCUT2D eigenvalue weighted by molar-refractivity contribution is -0.121. The fourth-order valence-corrected chi connectivity index (χ4v) is 2.43. The summed E-state index contributed by atoms with van der Waals surface area (Å²) in [5.41, 5.74) is -0.244. The minimum atomic E-state index is -0.244. The van der Waals surface area contributed by atoms with Gasteiger partial charge in [0.05, 0.1) is 6.10 Å². The summed E-state index contributed by atoms with van der Waals surface area (Å²) in [4.78, 5) is 16.1. The molecule has 6 nitrogen and oxygen atoms in total. The maximum absolute atomic E-state index is 11.8. The molecule has 0 heterocycles. The van der Waals surface area contributed by atoms with E-state index in [-0.39, 0.29) is 54.0 Å². The van der Waals surface area contributed by atoms with Crippen LogP contribution >= 0.6 is 24.0 Å². The molecule has 1 rings (SSSR count). The Hall–Kier alpha value is -0.570. The van der Waals surface area contributed by atoms with Crippen molar-refractivity contribution in [2.75, 3.05) is 19.6 Å². The van der Waals surface area contributed by atoms with Crippen molar-refractivity contribution < 1.29 is 9.90 Å². The summed E-state index contributed by atoms with van der Waals surface area (Å²) in [7, 11) is 0. The van der Waals surface area contributed by atoms with E-state index in [1.165, 1.54) is 0 Å². The van der Waals surface area contributed by atoms with Crippen molar-refractivity contribution in [3.63, 3.8) is 0 Å². The van der Waals surface area contributed by atoms with E-state index >= 15 is 0 Å². The van der Waals surface area contributed by atoms with Gasteiger partial charge in [0, 0.05) is 24.5 Å². The Labute approximate surface area is 150 Å². The second kappa shape index (κ2) is 10.3. The number of nitrogens with one attached hydrogen (secondary N) is 3. The summed E-state index contributed by atoms with van der Waals surface area (Å²) in [6, 6.07) is 0. The fraction of sp³-hybridized carbons (Fsp3) is 0.867. The molecule has 1 aliphatic carbocycles. The molecular weight excluding hydrogens is 395 g/mol. The van der Waals surface area contributed by atoms with Gasteiger partial charge in [0.25, 0.3) is 0 Å². The van der Waals surface area contributed by atoms with Crippen LogP contribution in [-0.2, 0) is 4.79 Å². The highest BCUT2D eigenvalue weighted by Crippen LogP contribution is 2.24. The van der Waals surface area contributed by atoms with E-state index < -0.39 is 0 Å². The first-order chi connectivity index (χ1) is 9.81. The second-order valence-corrected chi connectivity index (χ2v) is 6.63. The average molecular weight is 426 g/mol. The van der Waals surface area contributed by atoms with Gasteiger partial charge >= 0.3 is 0 Å². The maximum Gasteiger partial charge on any atom is 0.242 e. The van der Waals surface area contributed by atoms with E-state index in [0.29, 0.717) is 12.5 Å². The number of amides is 1. The van der Waals surface area contributed by atoms with Crippen molar-refractivity contribution in [2.45, 2.75) is 58.6 Å². The zero-order valence-electron chi connectivity index (χ0n) is 14.1. The van der Waals surface area contributed by atoms with Gasteiger partial charge in [-0.3, -0.25) is 4.79 Å². The zero-order chi connectivity index (χ0) is 15.9. The van der Waals surface area contributed by atoms with Crippen molar-refractivity contribution >= 4 is 35.8 Å². The summed E-state index contributed by atoms with van der Waals surface area (Å²) in [6.45, 7) is 9.34. The lowest BCUT2D eigenvalue weighted by Crippen LogP contribution is -2.44. The van der Waals surface area contributed by atoms with Crippen LogP contribution < -0.4 is 16.0 Å². The van der Waals surface area contributed by atoms with E-state index in [0.717, 1.165) is 25.8 Å². The van der Waals surface area contributed by atoms with Gasteiger partial charge in [-0.25, -0.2) is 4.99 Å². The highest BCUT2D eigenvalue weighted by atomic mass is 127. The Kier molecular flexibility index (Phi) is 9.99. The van der Waals surface area contributed by atoms with Crippen LogP contribution in [-0.4, -0.2) is 48.3 Å². The normalized spacial score (nSPS) is 22.0. The number of carbonyl (C=O) groups excluding carboxylic acids is 1. The van der Waals surface area contributed by atoms with Crippen LogP contribution in [0.2, 0.25) is 0 Å². The average Bonchev–Trinajstić information content (AvgIpc) is 2.76. The van der Waals surface area contributed by atoms with Gasteiger partial charge in [0.15, 0.2) is 5.96 Å². The Morgan fingerprint density at radius 2 is 1.95 bits per heavy atom. The van der Waals surface area contributed by atoms with Crippen LogP contribution in [0.25, 0.3) is 0 Å². The molecule has 0 aliphatic heterocycles. The molecule has 0 aromatic heterocycles. The Morgan fingerprint density at radius 3 is 2.45 bits per heavy atom. The molecule has 1 saturated carbocycles. The maximum atomic E-state index is 11.8.